The molecule has 2 heterocycles. The van der Waals surface area contributed by atoms with Crippen LogP contribution in [0.2, 0.25) is 0 Å². The summed E-state index contributed by atoms with van der Waals surface area (Å²) in [6.45, 7) is 7.04. The Kier molecular flexibility index (Phi) is 3.42. The van der Waals surface area contributed by atoms with Crippen molar-refractivity contribution >= 4 is 11.6 Å². The number of fused-ring (bicyclic) bond motifs is 1. The Morgan fingerprint density at radius 3 is 3.05 bits per heavy atom. The lowest BCUT2D eigenvalue weighted by atomic mass is 9.97. The molecule has 0 bridgehead atoms. The van der Waals surface area contributed by atoms with E-state index in [-0.39, 0.29) is 11.4 Å². The lowest BCUT2D eigenvalue weighted by molar-refractivity contribution is -0.0370. The van der Waals surface area contributed by atoms with Gasteiger partial charge in [0, 0.05) is 24.3 Å². The van der Waals surface area contributed by atoms with Crippen molar-refractivity contribution < 1.29 is 9.53 Å². The maximum Gasteiger partial charge on any atom is 0.254 e. The largest absolute Gasteiger partial charge is 0.385 e. The molecule has 4 heteroatoms. The molecule has 1 amide bonds. The first-order valence-electron chi connectivity index (χ1n) is 7.34. The summed E-state index contributed by atoms with van der Waals surface area (Å²) >= 11 is 0. The predicted molar refractivity (Wildman–Crippen MR) is 79.2 cm³/mol. The Morgan fingerprint density at radius 2 is 2.25 bits per heavy atom. The molecule has 1 fully saturated rings. The molecule has 4 nitrogen and oxygen atoms in total. The molecule has 0 unspecified atom stereocenters. The summed E-state index contributed by atoms with van der Waals surface area (Å²) < 4.78 is 5.49. The van der Waals surface area contributed by atoms with Crippen molar-refractivity contribution in [2.45, 2.75) is 32.2 Å². The zero-order chi connectivity index (χ0) is 14.2. The molecule has 0 atom stereocenters. The van der Waals surface area contributed by atoms with E-state index < -0.39 is 0 Å². The van der Waals surface area contributed by atoms with Crippen LogP contribution in [0.15, 0.2) is 18.2 Å². The third-order valence-electron chi connectivity index (χ3n) is 4.18. The molecular formula is C16H22N2O2. The maximum atomic E-state index is 12.8. The molecule has 2 aliphatic rings. The fraction of sp³-hybridized carbons (Fsp3) is 0.562. The SMILES string of the molecule is CC1(C)COCCN1C(=O)c1ccc2c(c1)CCCN2. The number of carbonyl (C=O) groups is 1. The van der Waals surface area contributed by atoms with Crippen LogP contribution in [0.5, 0.6) is 0 Å². The molecule has 0 radical (unpaired) electrons. The Hall–Kier alpha value is -1.55. The second-order valence-corrected chi connectivity index (χ2v) is 6.22. The zero-order valence-electron chi connectivity index (χ0n) is 12.2. The molecule has 0 aliphatic carbocycles. The second kappa shape index (κ2) is 5.09. The third-order valence-corrected chi connectivity index (χ3v) is 4.18. The van der Waals surface area contributed by atoms with Crippen LogP contribution in [-0.2, 0) is 11.2 Å². The monoisotopic (exact) mass is 274 g/mol. The number of amides is 1. The number of hydrogen-bond acceptors (Lipinski definition) is 3. The highest BCUT2D eigenvalue weighted by molar-refractivity contribution is 5.95. The van der Waals surface area contributed by atoms with Crippen molar-refractivity contribution in [3.63, 3.8) is 0 Å². The van der Waals surface area contributed by atoms with E-state index in [1.165, 1.54) is 11.3 Å². The van der Waals surface area contributed by atoms with Crippen molar-refractivity contribution in [2.75, 3.05) is 31.6 Å². The number of benzene rings is 1. The van der Waals surface area contributed by atoms with E-state index in [2.05, 4.69) is 25.2 Å². The van der Waals surface area contributed by atoms with Gasteiger partial charge in [-0.1, -0.05) is 0 Å². The lowest BCUT2D eigenvalue weighted by Gasteiger charge is -2.42. The van der Waals surface area contributed by atoms with E-state index in [0.29, 0.717) is 19.8 Å². The summed E-state index contributed by atoms with van der Waals surface area (Å²) in [5, 5.41) is 3.38. The minimum Gasteiger partial charge on any atom is -0.385 e. The first-order valence-corrected chi connectivity index (χ1v) is 7.34. The van der Waals surface area contributed by atoms with Crippen LogP contribution in [0.4, 0.5) is 5.69 Å². The number of morpholine rings is 1. The molecule has 108 valence electrons. The van der Waals surface area contributed by atoms with Crippen molar-refractivity contribution in [1.82, 2.24) is 4.90 Å². The summed E-state index contributed by atoms with van der Waals surface area (Å²) in [6.07, 6.45) is 2.18. The number of hydrogen-bond donors (Lipinski definition) is 1. The first kappa shape index (κ1) is 13.4. The van der Waals surface area contributed by atoms with Gasteiger partial charge in [-0.3, -0.25) is 4.79 Å². The van der Waals surface area contributed by atoms with Gasteiger partial charge in [0.05, 0.1) is 18.8 Å². The van der Waals surface area contributed by atoms with Gasteiger partial charge in [0.25, 0.3) is 5.91 Å². The molecule has 3 rings (SSSR count). The number of carbonyl (C=O) groups excluding carboxylic acids is 1. The zero-order valence-corrected chi connectivity index (χ0v) is 12.2. The van der Waals surface area contributed by atoms with Gasteiger partial charge in [-0.15, -0.1) is 0 Å². The summed E-state index contributed by atoms with van der Waals surface area (Å²) in [7, 11) is 0. The van der Waals surface area contributed by atoms with Gasteiger partial charge in [0.15, 0.2) is 0 Å². The molecule has 2 aliphatic heterocycles. The first-order chi connectivity index (χ1) is 9.58. The smallest absolute Gasteiger partial charge is 0.254 e. The molecule has 0 aromatic heterocycles. The lowest BCUT2D eigenvalue weighted by Crippen LogP contribution is -2.55. The number of anilines is 1. The second-order valence-electron chi connectivity index (χ2n) is 6.22. The van der Waals surface area contributed by atoms with Crippen LogP contribution in [0, 0.1) is 0 Å². The van der Waals surface area contributed by atoms with E-state index in [1.807, 2.05) is 17.0 Å². The minimum absolute atomic E-state index is 0.117. The highest BCUT2D eigenvalue weighted by Crippen LogP contribution is 2.26. The highest BCUT2D eigenvalue weighted by Gasteiger charge is 2.34. The van der Waals surface area contributed by atoms with E-state index in [1.54, 1.807) is 0 Å². The molecule has 1 saturated heterocycles. The van der Waals surface area contributed by atoms with E-state index >= 15 is 0 Å². The Bertz CT molecular complexity index is 525. The normalized spacial score (nSPS) is 21.0. The Balaban J connectivity index is 1.86. The van der Waals surface area contributed by atoms with Crippen LogP contribution in [0.25, 0.3) is 0 Å². The van der Waals surface area contributed by atoms with Crippen molar-refractivity contribution in [3.8, 4) is 0 Å². The molecule has 1 aromatic carbocycles. The number of ether oxygens (including phenoxy) is 1. The fourth-order valence-corrected chi connectivity index (χ4v) is 3.00. The number of nitrogens with one attached hydrogen (secondary N) is 1. The van der Waals surface area contributed by atoms with Crippen LogP contribution in [-0.4, -0.2) is 42.6 Å². The van der Waals surface area contributed by atoms with Gasteiger partial charge >= 0.3 is 0 Å². The van der Waals surface area contributed by atoms with Crippen molar-refractivity contribution in [1.29, 1.82) is 0 Å². The summed E-state index contributed by atoms with van der Waals surface area (Å²) in [5.41, 5.74) is 2.99. The van der Waals surface area contributed by atoms with Crippen LogP contribution in [0.3, 0.4) is 0 Å². The average Bonchev–Trinajstić information content (AvgIpc) is 2.45. The van der Waals surface area contributed by atoms with E-state index in [4.69, 9.17) is 4.74 Å². The highest BCUT2D eigenvalue weighted by atomic mass is 16.5. The Labute approximate surface area is 120 Å². The minimum atomic E-state index is -0.233. The standard InChI is InChI=1S/C16H22N2O2/c1-16(2)11-20-9-8-18(16)15(19)13-5-6-14-12(10-13)4-3-7-17-14/h5-6,10,17H,3-4,7-9,11H2,1-2H3. The summed E-state index contributed by atoms with van der Waals surface area (Å²) in [5.74, 6) is 0.117. The topological polar surface area (TPSA) is 41.6 Å². The van der Waals surface area contributed by atoms with E-state index in [9.17, 15) is 4.79 Å². The van der Waals surface area contributed by atoms with Crippen molar-refractivity contribution in [2.24, 2.45) is 0 Å². The molecule has 0 spiro atoms. The number of rotatable bonds is 1. The van der Waals surface area contributed by atoms with E-state index in [0.717, 1.165) is 24.9 Å². The van der Waals surface area contributed by atoms with Gasteiger partial charge in [-0.05, 0) is 50.5 Å². The van der Waals surface area contributed by atoms with Gasteiger partial charge in [-0.25, -0.2) is 0 Å². The van der Waals surface area contributed by atoms with Gasteiger partial charge in [0.2, 0.25) is 0 Å². The molecule has 20 heavy (non-hydrogen) atoms. The van der Waals surface area contributed by atoms with Crippen LogP contribution >= 0.6 is 0 Å². The molecule has 1 aromatic rings. The maximum absolute atomic E-state index is 12.8. The summed E-state index contributed by atoms with van der Waals surface area (Å²) in [4.78, 5) is 14.7. The molecule has 0 saturated carbocycles. The third kappa shape index (κ3) is 2.40. The van der Waals surface area contributed by atoms with Gasteiger partial charge < -0.3 is 15.0 Å². The quantitative estimate of drug-likeness (QED) is 0.854. The average molecular weight is 274 g/mol. The summed E-state index contributed by atoms with van der Waals surface area (Å²) in [6, 6.07) is 6.02. The Morgan fingerprint density at radius 1 is 1.40 bits per heavy atom. The van der Waals surface area contributed by atoms with Gasteiger partial charge in [-0.2, -0.15) is 0 Å². The number of nitrogens with zero attached hydrogens (tertiary/aromatic N) is 1. The predicted octanol–water partition coefficient (Wildman–Crippen LogP) is 2.30. The van der Waals surface area contributed by atoms with Gasteiger partial charge in [0.1, 0.15) is 0 Å². The fourth-order valence-electron chi connectivity index (χ4n) is 3.00. The molecular weight excluding hydrogens is 252 g/mol. The van der Waals surface area contributed by atoms with Crippen molar-refractivity contribution in [3.05, 3.63) is 29.3 Å². The van der Waals surface area contributed by atoms with Crippen LogP contribution < -0.4 is 5.32 Å². The number of aryl methyl sites for hydroxylation is 1. The molecule has 1 N–H and O–H groups in total. The van der Waals surface area contributed by atoms with Crippen LogP contribution in [0.1, 0.15) is 36.2 Å².